The lowest BCUT2D eigenvalue weighted by atomic mass is 10.1. The zero-order valence-electron chi connectivity index (χ0n) is 8.90. The number of halogens is 8. The van der Waals surface area contributed by atoms with Gasteiger partial charge in [0.05, 0.1) is 0 Å². The highest BCUT2D eigenvalue weighted by Gasteiger charge is 2.77. The Balaban J connectivity index is 2.94. The lowest BCUT2D eigenvalue weighted by molar-refractivity contribution is -0.379. The third kappa shape index (κ3) is 2.90. The smallest absolute Gasteiger partial charge is 0.454 e. The van der Waals surface area contributed by atoms with Gasteiger partial charge in [0.25, 0.3) is 0 Å². The summed E-state index contributed by atoms with van der Waals surface area (Å²) < 4.78 is 103. The van der Waals surface area contributed by atoms with Crippen molar-refractivity contribution in [2.75, 3.05) is 0 Å². The first-order valence-corrected chi connectivity index (χ1v) is 4.68. The van der Waals surface area contributed by atoms with Crippen molar-refractivity contribution in [2.45, 2.75) is 24.4 Å². The maximum Gasteiger partial charge on any atom is 0.460 e. The zero-order valence-corrected chi connectivity index (χ0v) is 8.90. The van der Waals surface area contributed by atoms with Crippen LogP contribution in [0, 0.1) is 0 Å². The van der Waals surface area contributed by atoms with Gasteiger partial charge < -0.3 is 4.74 Å². The van der Waals surface area contributed by atoms with Crippen molar-refractivity contribution in [3.8, 4) is 5.75 Å². The molecule has 0 aliphatic heterocycles. The molecule has 0 amide bonds. The minimum absolute atomic E-state index is 0.604. The first kappa shape index (κ1) is 15.5. The Bertz CT molecular complexity index is 413. The van der Waals surface area contributed by atoms with E-state index in [1.54, 1.807) is 0 Å². The first-order chi connectivity index (χ1) is 8.50. The van der Waals surface area contributed by atoms with E-state index >= 15 is 0 Å². The SMILES string of the molecule is FC(Oc1ccccc1)C(F)(F)C(F)(F)C(F)(F)F. The summed E-state index contributed by atoms with van der Waals surface area (Å²) in [6.45, 7) is 0. The van der Waals surface area contributed by atoms with Crippen molar-refractivity contribution < 1.29 is 39.9 Å². The van der Waals surface area contributed by atoms with Gasteiger partial charge in [0.15, 0.2) is 0 Å². The number of rotatable bonds is 4. The van der Waals surface area contributed by atoms with Crippen molar-refractivity contribution in [1.82, 2.24) is 0 Å². The van der Waals surface area contributed by atoms with E-state index in [4.69, 9.17) is 0 Å². The van der Waals surface area contributed by atoms with E-state index in [0.29, 0.717) is 0 Å². The van der Waals surface area contributed by atoms with Gasteiger partial charge in [-0.3, -0.25) is 0 Å². The number of alkyl halides is 8. The molecule has 0 aliphatic carbocycles. The normalized spacial score (nSPS) is 15.2. The lowest BCUT2D eigenvalue weighted by Gasteiger charge is -2.30. The second-order valence-corrected chi connectivity index (χ2v) is 3.44. The van der Waals surface area contributed by atoms with Crippen LogP contribution in [-0.2, 0) is 0 Å². The molecule has 0 aliphatic rings. The predicted molar refractivity (Wildman–Crippen MR) is 47.9 cm³/mol. The summed E-state index contributed by atoms with van der Waals surface area (Å²) >= 11 is 0. The van der Waals surface area contributed by atoms with Gasteiger partial charge >= 0.3 is 24.4 Å². The average molecular weight is 294 g/mol. The Morgan fingerprint density at radius 1 is 0.842 bits per heavy atom. The summed E-state index contributed by atoms with van der Waals surface area (Å²) in [5.41, 5.74) is 0. The maximum absolute atomic E-state index is 12.9. The largest absolute Gasteiger partial charge is 0.460 e. The van der Waals surface area contributed by atoms with Crippen molar-refractivity contribution in [3.05, 3.63) is 30.3 Å². The molecule has 1 nitrogen and oxygen atoms in total. The molecule has 0 bridgehead atoms. The summed E-state index contributed by atoms with van der Waals surface area (Å²) in [5.74, 6) is -13.2. The number of hydrogen-bond donors (Lipinski definition) is 0. The third-order valence-electron chi connectivity index (χ3n) is 2.04. The van der Waals surface area contributed by atoms with Crippen LogP contribution in [-0.4, -0.2) is 24.4 Å². The number of ether oxygens (including phenoxy) is 1. The molecule has 0 saturated carbocycles. The monoisotopic (exact) mass is 294 g/mol. The summed E-state index contributed by atoms with van der Waals surface area (Å²) in [7, 11) is 0. The quantitative estimate of drug-likeness (QED) is 0.756. The molecule has 1 aromatic carbocycles. The topological polar surface area (TPSA) is 9.23 Å². The predicted octanol–water partition coefficient (Wildman–Crippen LogP) is 4.19. The van der Waals surface area contributed by atoms with Crippen molar-refractivity contribution in [1.29, 1.82) is 0 Å². The summed E-state index contributed by atoms with van der Waals surface area (Å²) in [5, 5.41) is 0. The first-order valence-electron chi connectivity index (χ1n) is 4.68. The second-order valence-electron chi connectivity index (χ2n) is 3.44. The minimum atomic E-state index is -6.60. The van der Waals surface area contributed by atoms with Gasteiger partial charge in [0, 0.05) is 0 Å². The molecule has 108 valence electrons. The molecule has 0 N–H and O–H groups in total. The Labute approximate surface area is 101 Å². The van der Waals surface area contributed by atoms with E-state index in [1.807, 2.05) is 0 Å². The highest BCUT2D eigenvalue weighted by molar-refractivity contribution is 5.21. The molecule has 19 heavy (non-hydrogen) atoms. The Morgan fingerprint density at radius 3 is 1.74 bits per heavy atom. The zero-order chi connectivity index (χ0) is 14.9. The van der Waals surface area contributed by atoms with Gasteiger partial charge in [-0.2, -0.15) is 35.1 Å². The second kappa shape index (κ2) is 4.86. The number of benzene rings is 1. The molecule has 0 fully saturated rings. The Morgan fingerprint density at radius 2 is 1.32 bits per heavy atom. The molecule has 0 saturated heterocycles. The minimum Gasteiger partial charge on any atom is -0.454 e. The average Bonchev–Trinajstić information content (AvgIpc) is 2.28. The number of hydrogen-bond acceptors (Lipinski definition) is 1. The fourth-order valence-electron chi connectivity index (χ4n) is 1.02. The summed E-state index contributed by atoms with van der Waals surface area (Å²) in [4.78, 5) is 0. The van der Waals surface area contributed by atoms with Crippen LogP contribution in [0.25, 0.3) is 0 Å². The van der Waals surface area contributed by atoms with Gasteiger partial charge in [-0.1, -0.05) is 18.2 Å². The van der Waals surface area contributed by atoms with E-state index in [2.05, 4.69) is 4.74 Å². The Hall–Kier alpha value is -1.54. The lowest BCUT2D eigenvalue weighted by Crippen LogP contribution is -2.58. The molecule has 1 unspecified atom stereocenters. The van der Waals surface area contributed by atoms with Crippen molar-refractivity contribution in [3.63, 3.8) is 0 Å². The summed E-state index contributed by atoms with van der Waals surface area (Å²) in [6, 6.07) is 5.62. The van der Waals surface area contributed by atoms with Gasteiger partial charge in [0.2, 0.25) is 0 Å². The van der Waals surface area contributed by atoms with Gasteiger partial charge in [-0.15, -0.1) is 0 Å². The van der Waals surface area contributed by atoms with Crippen LogP contribution in [0.3, 0.4) is 0 Å². The van der Waals surface area contributed by atoms with Crippen LogP contribution in [0.4, 0.5) is 35.1 Å². The van der Waals surface area contributed by atoms with E-state index in [0.717, 1.165) is 12.1 Å². The van der Waals surface area contributed by atoms with Crippen molar-refractivity contribution >= 4 is 0 Å². The molecule has 0 radical (unpaired) electrons. The summed E-state index contributed by atoms with van der Waals surface area (Å²) in [6.07, 6.45) is -10.7. The fourth-order valence-corrected chi connectivity index (χ4v) is 1.02. The third-order valence-corrected chi connectivity index (χ3v) is 2.04. The molecule has 9 heteroatoms. The van der Waals surface area contributed by atoms with Crippen LogP contribution >= 0.6 is 0 Å². The van der Waals surface area contributed by atoms with Crippen LogP contribution < -0.4 is 4.74 Å². The molecule has 0 heterocycles. The van der Waals surface area contributed by atoms with Gasteiger partial charge in [-0.25, -0.2) is 0 Å². The number of para-hydroxylation sites is 1. The molecular formula is C10H6F8O. The van der Waals surface area contributed by atoms with Crippen LogP contribution in [0.5, 0.6) is 5.75 Å². The highest BCUT2D eigenvalue weighted by Crippen LogP contribution is 2.48. The molecule has 1 atom stereocenters. The van der Waals surface area contributed by atoms with E-state index in [9.17, 15) is 35.1 Å². The van der Waals surface area contributed by atoms with Crippen molar-refractivity contribution in [2.24, 2.45) is 0 Å². The van der Waals surface area contributed by atoms with E-state index in [-0.39, 0.29) is 0 Å². The van der Waals surface area contributed by atoms with E-state index in [1.165, 1.54) is 18.2 Å². The molecule has 0 spiro atoms. The molecule has 1 aromatic rings. The highest BCUT2D eigenvalue weighted by atomic mass is 19.4. The fraction of sp³-hybridized carbons (Fsp3) is 0.400. The van der Waals surface area contributed by atoms with Crippen LogP contribution in [0.2, 0.25) is 0 Å². The maximum atomic E-state index is 12.9. The van der Waals surface area contributed by atoms with Crippen LogP contribution in [0.15, 0.2) is 30.3 Å². The Kier molecular flexibility index (Phi) is 3.97. The molecule has 1 rings (SSSR count). The van der Waals surface area contributed by atoms with Crippen LogP contribution in [0.1, 0.15) is 0 Å². The molecular weight excluding hydrogens is 288 g/mol. The van der Waals surface area contributed by atoms with Gasteiger partial charge in [0.1, 0.15) is 5.75 Å². The van der Waals surface area contributed by atoms with Gasteiger partial charge in [-0.05, 0) is 12.1 Å². The standard InChI is InChI=1S/C10H6F8O/c11-7(19-6-4-2-1-3-5-6)8(12,13)9(14,15)10(16,17)18/h1-5,7H. The molecule has 0 aromatic heterocycles. The van der Waals surface area contributed by atoms with E-state index < -0.39 is 30.1 Å².